The number of ether oxygens (including phenoxy) is 3. The Labute approximate surface area is 256 Å². The summed E-state index contributed by atoms with van der Waals surface area (Å²) in [6.07, 6.45) is 1.80. The number of allylic oxidation sites excluding steroid dienone is 1. The van der Waals surface area contributed by atoms with E-state index in [4.69, 9.17) is 14.2 Å². The maximum absolute atomic E-state index is 14.0. The van der Waals surface area contributed by atoms with Gasteiger partial charge in [-0.1, -0.05) is 86.9 Å². The minimum Gasteiger partial charge on any atom is -0.493 e. The number of thiazole rings is 1. The van der Waals surface area contributed by atoms with Crippen LogP contribution in [0.3, 0.4) is 0 Å². The minimum absolute atomic E-state index is 0.223. The van der Waals surface area contributed by atoms with Crippen molar-refractivity contribution >= 4 is 39.3 Å². The number of benzene rings is 3. The minimum atomic E-state index is -0.654. The van der Waals surface area contributed by atoms with Crippen LogP contribution >= 0.6 is 27.3 Å². The van der Waals surface area contributed by atoms with Gasteiger partial charge in [-0.2, -0.15) is 0 Å². The quantitative estimate of drug-likeness (QED) is 0.227. The molecule has 0 bridgehead atoms. The first-order chi connectivity index (χ1) is 20.2. The number of carbonyl (C=O) groups is 1. The average molecular weight is 648 g/mol. The second-order valence-corrected chi connectivity index (χ2v) is 11.9. The SMILES string of the molecule is CCOC(=O)C1=C(C)N=c2s/c(=C/c3cc(OC)c(OCc4cccc(C)c4)cc3Br)c(=O)n2[C@H]1c1ccc(C)cc1. The molecule has 1 atom stereocenters. The number of rotatable bonds is 8. The molecule has 1 aromatic heterocycles. The zero-order chi connectivity index (χ0) is 30.0. The van der Waals surface area contributed by atoms with E-state index < -0.39 is 12.0 Å². The average Bonchev–Trinajstić information content (AvgIpc) is 3.26. The Morgan fingerprint density at radius 2 is 1.81 bits per heavy atom. The molecule has 0 fully saturated rings. The number of aryl methyl sites for hydroxylation is 2. The molecular weight excluding hydrogens is 616 g/mol. The van der Waals surface area contributed by atoms with Crippen LogP contribution in [-0.2, 0) is 16.1 Å². The van der Waals surface area contributed by atoms with Crippen LogP contribution in [0.1, 0.15) is 47.7 Å². The van der Waals surface area contributed by atoms with Crippen molar-refractivity contribution in [3.05, 3.63) is 124 Å². The van der Waals surface area contributed by atoms with Crippen LogP contribution in [0.15, 0.2) is 86.2 Å². The Hall–Kier alpha value is -3.95. The highest BCUT2D eigenvalue weighted by Crippen LogP contribution is 2.35. The number of nitrogens with zero attached hydrogens (tertiary/aromatic N) is 2. The fourth-order valence-corrected chi connectivity index (χ4v) is 6.37. The molecule has 2 heterocycles. The lowest BCUT2D eigenvalue weighted by Gasteiger charge is -2.24. The Kier molecular flexibility index (Phi) is 8.80. The number of fused-ring (bicyclic) bond motifs is 1. The molecule has 0 radical (unpaired) electrons. The fraction of sp³-hybridized carbons (Fsp3) is 0.242. The summed E-state index contributed by atoms with van der Waals surface area (Å²) in [7, 11) is 1.59. The molecule has 0 unspecified atom stereocenters. The van der Waals surface area contributed by atoms with Gasteiger partial charge < -0.3 is 14.2 Å². The van der Waals surface area contributed by atoms with Gasteiger partial charge in [-0.3, -0.25) is 9.36 Å². The second kappa shape index (κ2) is 12.5. The fourth-order valence-electron chi connectivity index (χ4n) is 4.89. The number of methoxy groups -OCH3 is 1. The Morgan fingerprint density at radius 1 is 1.05 bits per heavy atom. The first-order valence-electron chi connectivity index (χ1n) is 13.5. The lowest BCUT2D eigenvalue weighted by molar-refractivity contribution is -0.139. The Bertz CT molecular complexity index is 1870. The zero-order valence-electron chi connectivity index (χ0n) is 24.1. The molecule has 0 N–H and O–H groups in total. The summed E-state index contributed by atoms with van der Waals surface area (Å²) in [6, 6.07) is 19.0. The van der Waals surface area contributed by atoms with Gasteiger partial charge in [0, 0.05) is 4.47 Å². The van der Waals surface area contributed by atoms with E-state index in [-0.39, 0.29) is 12.2 Å². The number of hydrogen-bond acceptors (Lipinski definition) is 7. The first kappa shape index (κ1) is 29.5. The number of aromatic nitrogens is 1. The molecule has 1 aliphatic rings. The third-order valence-corrected chi connectivity index (χ3v) is 8.63. The molecule has 0 saturated heterocycles. The van der Waals surface area contributed by atoms with E-state index in [1.807, 2.05) is 68.4 Å². The summed E-state index contributed by atoms with van der Waals surface area (Å²) in [6.45, 7) is 8.19. The summed E-state index contributed by atoms with van der Waals surface area (Å²) < 4.78 is 19.9. The Morgan fingerprint density at radius 3 is 2.50 bits per heavy atom. The van der Waals surface area contributed by atoms with Crippen molar-refractivity contribution in [1.82, 2.24) is 4.57 Å². The maximum Gasteiger partial charge on any atom is 0.338 e. The molecule has 9 heteroatoms. The van der Waals surface area contributed by atoms with E-state index in [1.165, 1.54) is 11.3 Å². The van der Waals surface area contributed by atoms with Gasteiger partial charge in [0.25, 0.3) is 5.56 Å². The van der Waals surface area contributed by atoms with E-state index in [1.54, 1.807) is 31.6 Å². The van der Waals surface area contributed by atoms with Crippen molar-refractivity contribution in [3.8, 4) is 11.5 Å². The van der Waals surface area contributed by atoms with Crippen molar-refractivity contribution in [2.75, 3.05) is 13.7 Å². The smallest absolute Gasteiger partial charge is 0.338 e. The predicted molar refractivity (Wildman–Crippen MR) is 168 cm³/mol. The highest BCUT2D eigenvalue weighted by atomic mass is 79.9. The molecule has 3 aromatic carbocycles. The van der Waals surface area contributed by atoms with Gasteiger partial charge in [-0.05, 0) is 62.6 Å². The van der Waals surface area contributed by atoms with Crippen LogP contribution in [0.2, 0.25) is 0 Å². The lowest BCUT2D eigenvalue weighted by atomic mass is 9.95. The molecule has 0 saturated carbocycles. The van der Waals surface area contributed by atoms with E-state index >= 15 is 0 Å². The molecule has 216 valence electrons. The normalized spacial score (nSPS) is 14.8. The zero-order valence-corrected chi connectivity index (χ0v) is 26.5. The maximum atomic E-state index is 14.0. The predicted octanol–water partition coefficient (Wildman–Crippen LogP) is 5.77. The van der Waals surface area contributed by atoms with Crippen LogP contribution in [0.25, 0.3) is 6.08 Å². The number of esters is 1. The molecule has 0 amide bonds. The van der Waals surface area contributed by atoms with Crippen LogP contribution in [-0.4, -0.2) is 24.3 Å². The van der Waals surface area contributed by atoms with Gasteiger partial charge in [-0.25, -0.2) is 9.79 Å². The van der Waals surface area contributed by atoms with Crippen LogP contribution in [0.5, 0.6) is 11.5 Å². The first-order valence-corrected chi connectivity index (χ1v) is 15.1. The van der Waals surface area contributed by atoms with Crippen LogP contribution in [0, 0.1) is 13.8 Å². The Balaban J connectivity index is 1.57. The standard InChI is InChI=1S/C33H31BrN2O5S/c1-6-40-32(38)29-21(4)35-33-36(30(29)23-12-10-19(2)11-13-23)31(37)28(42-33)16-24-15-26(39-5)27(17-25(24)34)41-18-22-9-7-8-20(3)14-22/h7-17,30H,6,18H2,1-5H3/b28-16+/t30-/m0/s1. The monoisotopic (exact) mass is 646 g/mol. The van der Waals surface area contributed by atoms with Gasteiger partial charge in [0.05, 0.1) is 35.6 Å². The summed E-state index contributed by atoms with van der Waals surface area (Å²) in [4.78, 5) is 32.2. The summed E-state index contributed by atoms with van der Waals surface area (Å²) in [5, 5.41) is 0. The lowest BCUT2D eigenvalue weighted by Crippen LogP contribution is -2.39. The molecule has 7 nitrogen and oxygen atoms in total. The van der Waals surface area contributed by atoms with Crippen molar-refractivity contribution in [2.24, 2.45) is 4.99 Å². The second-order valence-electron chi connectivity index (χ2n) is 10.0. The van der Waals surface area contributed by atoms with Crippen LogP contribution in [0.4, 0.5) is 0 Å². The summed E-state index contributed by atoms with van der Waals surface area (Å²) in [5.74, 6) is 0.647. The molecule has 42 heavy (non-hydrogen) atoms. The van der Waals surface area contributed by atoms with Crippen molar-refractivity contribution in [3.63, 3.8) is 0 Å². The van der Waals surface area contributed by atoms with E-state index in [0.29, 0.717) is 38.7 Å². The topological polar surface area (TPSA) is 79.1 Å². The molecule has 0 aliphatic carbocycles. The molecular formula is C33H31BrN2O5S. The summed E-state index contributed by atoms with van der Waals surface area (Å²) >= 11 is 4.92. The molecule has 4 aromatic rings. The molecule has 0 spiro atoms. The largest absolute Gasteiger partial charge is 0.493 e. The van der Waals surface area contributed by atoms with Crippen molar-refractivity contribution in [1.29, 1.82) is 0 Å². The third-order valence-electron chi connectivity index (χ3n) is 6.96. The molecule has 5 rings (SSSR count). The highest BCUT2D eigenvalue weighted by molar-refractivity contribution is 9.10. The summed E-state index contributed by atoms with van der Waals surface area (Å²) in [5.41, 5.74) is 5.49. The van der Waals surface area contributed by atoms with Gasteiger partial charge in [0.2, 0.25) is 0 Å². The van der Waals surface area contributed by atoms with E-state index in [2.05, 4.69) is 27.0 Å². The highest BCUT2D eigenvalue weighted by Gasteiger charge is 2.33. The van der Waals surface area contributed by atoms with Gasteiger partial charge in [0.15, 0.2) is 16.3 Å². The van der Waals surface area contributed by atoms with E-state index in [9.17, 15) is 9.59 Å². The van der Waals surface area contributed by atoms with Gasteiger partial charge in [0.1, 0.15) is 6.61 Å². The van der Waals surface area contributed by atoms with Gasteiger partial charge >= 0.3 is 5.97 Å². The van der Waals surface area contributed by atoms with Crippen LogP contribution < -0.4 is 24.4 Å². The molecule has 1 aliphatic heterocycles. The van der Waals surface area contributed by atoms with Gasteiger partial charge in [-0.15, -0.1) is 0 Å². The van der Waals surface area contributed by atoms with Crippen molar-refractivity contribution < 1.29 is 19.0 Å². The number of halogens is 1. The number of carbonyl (C=O) groups excluding carboxylic acids is 1. The van der Waals surface area contributed by atoms with E-state index in [0.717, 1.165) is 32.3 Å². The van der Waals surface area contributed by atoms with Crippen molar-refractivity contribution in [2.45, 2.75) is 40.3 Å². The third kappa shape index (κ3) is 5.98. The number of hydrogen-bond donors (Lipinski definition) is 0.